The van der Waals surface area contributed by atoms with Gasteiger partial charge >= 0.3 is 5.97 Å². The predicted octanol–water partition coefficient (Wildman–Crippen LogP) is 1.25. The van der Waals surface area contributed by atoms with Crippen molar-refractivity contribution in [3.8, 4) is 0 Å². The maximum absolute atomic E-state index is 11.7. The van der Waals surface area contributed by atoms with Crippen LogP contribution in [0.4, 0.5) is 5.69 Å². The highest BCUT2D eigenvalue weighted by molar-refractivity contribution is 5.94. The summed E-state index contributed by atoms with van der Waals surface area (Å²) in [5.74, 6) is -0.452. The zero-order valence-corrected chi connectivity index (χ0v) is 9.47. The fraction of sp³-hybridized carbons (Fsp3) is 0.455. The van der Waals surface area contributed by atoms with E-state index in [0.717, 1.165) is 0 Å². The maximum atomic E-state index is 11.7. The summed E-state index contributed by atoms with van der Waals surface area (Å²) in [6.45, 7) is 4.63. The highest BCUT2D eigenvalue weighted by Crippen LogP contribution is 2.11. The molecule has 0 fully saturated rings. The number of anilines is 1. The summed E-state index contributed by atoms with van der Waals surface area (Å²) < 4.78 is 10.3. The van der Waals surface area contributed by atoms with Gasteiger partial charge in [-0.2, -0.15) is 0 Å². The molecule has 1 atom stereocenters. The minimum Gasteiger partial charge on any atom is -0.457 e. The van der Waals surface area contributed by atoms with Gasteiger partial charge in [-0.3, -0.25) is 4.98 Å². The van der Waals surface area contributed by atoms with Crippen LogP contribution in [0.5, 0.6) is 0 Å². The minimum atomic E-state index is -0.452. The Bertz CT molecular complexity index is 355. The van der Waals surface area contributed by atoms with Gasteiger partial charge in [0, 0.05) is 12.8 Å². The van der Waals surface area contributed by atoms with Gasteiger partial charge in [-0.1, -0.05) is 0 Å². The summed E-state index contributed by atoms with van der Waals surface area (Å²) in [5.41, 5.74) is 6.25. The van der Waals surface area contributed by atoms with Crippen molar-refractivity contribution in [2.75, 3.05) is 18.9 Å². The summed E-state index contributed by atoms with van der Waals surface area (Å²) in [7, 11) is 0. The normalized spacial score (nSPS) is 12.1. The molecule has 1 aromatic rings. The molecule has 1 unspecified atom stereocenters. The van der Waals surface area contributed by atoms with Crippen LogP contribution in [0.3, 0.4) is 0 Å². The first kappa shape index (κ1) is 12.4. The second-order valence-corrected chi connectivity index (χ2v) is 3.34. The first-order valence-corrected chi connectivity index (χ1v) is 5.13. The van der Waals surface area contributed by atoms with Crippen molar-refractivity contribution in [3.63, 3.8) is 0 Å². The van der Waals surface area contributed by atoms with Crippen molar-refractivity contribution in [1.29, 1.82) is 0 Å². The van der Waals surface area contributed by atoms with E-state index in [0.29, 0.717) is 24.5 Å². The Morgan fingerprint density at radius 1 is 1.62 bits per heavy atom. The fourth-order valence-electron chi connectivity index (χ4n) is 1.16. The van der Waals surface area contributed by atoms with Crippen LogP contribution in [0.2, 0.25) is 0 Å². The lowest BCUT2D eigenvalue weighted by Crippen LogP contribution is -2.21. The van der Waals surface area contributed by atoms with Gasteiger partial charge in [-0.25, -0.2) is 4.79 Å². The van der Waals surface area contributed by atoms with E-state index < -0.39 is 5.97 Å². The first-order valence-electron chi connectivity index (χ1n) is 5.13. The van der Waals surface area contributed by atoms with Crippen molar-refractivity contribution in [2.24, 2.45) is 0 Å². The number of nitrogens with two attached hydrogens (primary N) is 1. The molecular formula is C11H16N2O3. The molecule has 2 N–H and O–H groups in total. The molecule has 1 aromatic heterocycles. The van der Waals surface area contributed by atoms with Crippen LogP contribution in [-0.4, -0.2) is 30.3 Å². The Morgan fingerprint density at radius 2 is 2.38 bits per heavy atom. The highest BCUT2D eigenvalue weighted by Gasteiger charge is 2.14. The number of hydrogen-bond donors (Lipinski definition) is 1. The van der Waals surface area contributed by atoms with Gasteiger partial charge in [0.05, 0.1) is 24.1 Å². The predicted molar refractivity (Wildman–Crippen MR) is 60.0 cm³/mol. The second-order valence-electron chi connectivity index (χ2n) is 3.34. The van der Waals surface area contributed by atoms with Crippen LogP contribution >= 0.6 is 0 Å². The Labute approximate surface area is 94.6 Å². The van der Waals surface area contributed by atoms with Crippen molar-refractivity contribution in [2.45, 2.75) is 20.0 Å². The van der Waals surface area contributed by atoms with Gasteiger partial charge in [0.25, 0.3) is 0 Å². The van der Waals surface area contributed by atoms with Crippen LogP contribution in [0.15, 0.2) is 18.5 Å². The molecule has 1 heterocycles. The summed E-state index contributed by atoms with van der Waals surface area (Å²) in [6, 6.07) is 1.53. The lowest BCUT2D eigenvalue weighted by Gasteiger charge is -2.13. The SMILES string of the molecule is CCOCC(C)OC(=O)c1ccncc1N. The molecule has 0 aromatic carbocycles. The number of esters is 1. The third kappa shape index (κ3) is 3.51. The van der Waals surface area contributed by atoms with Gasteiger partial charge < -0.3 is 15.2 Å². The lowest BCUT2D eigenvalue weighted by molar-refractivity contribution is 0.00448. The average molecular weight is 224 g/mol. The van der Waals surface area contributed by atoms with E-state index in [4.69, 9.17) is 15.2 Å². The topological polar surface area (TPSA) is 74.4 Å². The van der Waals surface area contributed by atoms with E-state index >= 15 is 0 Å². The Kier molecular flexibility index (Phi) is 4.72. The Hall–Kier alpha value is -1.62. The standard InChI is InChI=1S/C11H16N2O3/c1-3-15-7-8(2)16-11(14)9-4-5-13-6-10(9)12/h4-6,8H,3,7,12H2,1-2H3. The summed E-state index contributed by atoms with van der Waals surface area (Å²) in [6.07, 6.45) is 2.63. The fourth-order valence-corrected chi connectivity index (χ4v) is 1.16. The van der Waals surface area contributed by atoms with E-state index in [2.05, 4.69) is 4.98 Å². The molecule has 5 nitrogen and oxygen atoms in total. The van der Waals surface area contributed by atoms with Crippen LogP contribution in [0.25, 0.3) is 0 Å². The molecule has 0 aliphatic heterocycles. The summed E-state index contributed by atoms with van der Waals surface area (Å²) in [5, 5.41) is 0. The second kappa shape index (κ2) is 6.07. The zero-order chi connectivity index (χ0) is 12.0. The van der Waals surface area contributed by atoms with Crippen molar-refractivity contribution >= 4 is 11.7 Å². The largest absolute Gasteiger partial charge is 0.457 e. The molecule has 0 amide bonds. The third-order valence-electron chi connectivity index (χ3n) is 1.94. The minimum absolute atomic E-state index is 0.292. The van der Waals surface area contributed by atoms with Crippen LogP contribution in [-0.2, 0) is 9.47 Å². The molecule has 0 bridgehead atoms. The van der Waals surface area contributed by atoms with Gasteiger partial charge in [-0.15, -0.1) is 0 Å². The monoisotopic (exact) mass is 224 g/mol. The number of carbonyl (C=O) groups excluding carboxylic acids is 1. The highest BCUT2D eigenvalue weighted by atomic mass is 16.6. The van der Waals surface area contributed by atoms with Crippen LogP contribution < -0.4 is 5.73 Å². The number of aromatic nitrogens is 1. The number of nitrogens with zero attached hydrogens (tertiary/aromatic N) is 1. The zero-order valence-electron chi connectivity index (χ0n) is 9.47. The van der Waals surface area contributed by atoms with Gasteiger partial charge in [-0.05, 0) is 19.9 Å². The van der Waals surface area contributed by atoms with Crippen molar-refractivity contribution in [1.82, 2.24) is 4.98 Å². The molecule has 0 saturated carbocycles. The van der Waals surface area contributed by atoms with Crippen LogP contribution in [0.1, 0.15) is 24.2 Å². The molecule has 0 aliphatic carbocycles. The van der Waals surface area contributed by atoms with Crippen LogP contribution in [0, 0.1) is 0 Å². The van der Waals surface area contributed by atoms with Crippen molar-refractivity contribution < 1.29 is 14.3 Å². The molecule has 16 heavy (non-hydrogen) atoms. The van der Waals surface area contributed by atoms with Gasteiger partial charge in [0.1, 0.15) is 6.10 Å². The number of pyridine rings is 1. The number of rotatable bonds is 5. The smallest absolute Gasteiger partial charge is 0.340 e. The van der Waals surface area contributed by atoms with Crippen molar-refractivity contribution in [3.05, 3.63) is 24.0 Å². The number of nitrogen functional groups attached to an aromatic ring is 1. The number of carbonyl (C=O) groups is 1. The summed E-state index contributed by atoms with van der Waals surface area (Å²) >= 11 is 0. The maximum Gasteiger partial charge on any atom is 0.340 e. The van der Waals surface area contributed by atoms with Gasteiger partial charge in [0.15, 0.2) is 0 Å². The molecule has 0 radical (unpaired) electrons. The molecule has 88 valence electrons. The quantitative estimate of drug-likeness (QED) is 0.762. The third-order valence-corrected chi connectivity index (χ3v) is 1.94. The summed E-state index contributed by atoms with van der Waals surface area (Å²) in [4.78, 5) is 15.5. The van der Waals surface area contributed by atoms with E-state index in [1.807, 2.05) is 6.92 Å². The number of ether oxygens (including phenoxy) is 2. The van der Waals surface area contributed by atoms with Gasteiger partial charge in [0.2, 0.25) is 0 Å². The number of hydrogen-bond acceptors (Lipinski definition) is 5. The molecule has 0 spiro atoms. The Morgan fingerprint density at radius 3 is 3.00 bits per heavy atom. The van der Waals surface area contributed by atoms with E-state index in [-0.39, 0.29) is 6.10 Å². The molecule has 5 heteroatoms. The molecule has 0 saturated heterocycles. The lowest BCUT2D eigenvalue weighted by atomic mass is 10.2. The average Bonchev–Trinajstić information content (AvgIpc) is 2.26. The molecule has 1 rings (SSSR count). The van der Waals surface area contributed by atoms with E-state index in [1.165, 1.54) is 18.5 Å². The van der Waals surface area contributed by atoms with E-state index in [9.17, 15) is 4.79 Å². The Balaban J connectivity index is 2.56. The first-order chi connectivity index (χ1) is 7.65. The molecular weight excluding hydrogens is 208 g/mol. The van der Waals surface area contributed by atoms with E-state index in [1.54, 1.807) is 6.92 Å². The molecule has 0 aliphatic rings.